The van der Waals surface area contributed by atoms with Crippen molar-refractivity contribution in [1.82, 2.24) is 4.90 Å². The van der Waals surface area contributed by atoms with Crippen LogP contribution in [0.4, 0.5) is 0 Å². The van der Waals surface area contributed by atoms with Crippen LogP contribution in [0.1, 0.15) is 36.6 Å². The summed E-state index contributed by atoms with van der Waals surface area (Å²) >= 11 is 0. The van der Waals surface area contributed by atoms with Gasteiger partial charge in [0.1, 0.15) is 0 Å². The molecular formula is C17H13NO4. The Morgan fingerprint density at radius 1 is 0.955 bits per heavy atom. The zero-order chi connectivity index (χ0) is 15.7. The van der Waals surface area contributed by atoms with Crippen molar-refractivity contribution in [3.05, 3.63) is 70.8 Å². The van der Waals surface area contributed by atoms with Crippen LogP contribution < -0.4 is 0 Å². The molecule has 0 bridgehead atoms. The van der Waals surface area contributed by atoms with Gasteiger partial charge < -0.3 is 4.74 Å². The highest BCUT2D eigenvalue weighted by molar-refractivity contribution is 6.21. The molecule has 0 aromatic heterocycles. The van der Waals surface area contributed by atoms with E-state index in [1.165, 1.54) is 7.11 Å². The van der Waals surface area contributed by atoms with Crippen molar-refractivity contribution in [2.75, 3.05) is 7.11 Å². The van der Waals surface area contributed by atoms with E-state index >= 15 is 0 Å². The van der Waals surface area contributed by atoms with E-state index in [0.29, 0.717) is 22.3 Å². The van der Waals surface area contributed by atoms with E-state index < -0.39 is 5.97 Å². The molecule has 1 aliphatic rings. The first-order chi connectivity index (χ1) is 10.6. The number of fused-ring (bicyclic) bond motifs is 1. The summed E-state index contributed by atoms with van der Waals surface area (Å²) in [5, 5.41) is 0. The Hall–Kier alpha value is -2.95. The zero-order valence-corrected chi connectivity index (χ0v) is 11.9. The molecule has 0 fully saturated rings. The van der Waals surface area contributed by atoms with Crippen LogP contribution in [0, 0.1) is 0 Å². The molecular weight excluding hydrogens is 282 g/mol. The lowest BCUT2D eigenvalue weighted by molar-refractivity contribution is 0.0583. The Balaban J connectivity index is 1.95. The van der Waals surface area contributed by atoms with Gasteiger partial charge in [-0.25, -0.2) is 4.79 Å². The molecule has 2 aromatic carbocycles. The third kappa shape index (κ3) is 2.16. The minimum absolute atomic E-state index is 0.0393. The Morgan fingerprint density at radius 3 is 2.09 bits per heavy atom. The summed E-state index contributed by atoms with van der Waals surface area (Å²) in [6, 6.07) is 13.5. The number of amides is 2. The van der Waals surface area contributed by atoms with Crippen molar-refractivity contribution in [2.45, 2.75) is 6.54 Å². The first kappa shape index (κ1) is 14.0. The number of hydrogen-bond acceptors (Lipinski definition) is 4. The van der Waals surface area contributed by atoms with Gasteiger partial charge in [-0.2, -0.15) is 0 Å². The first-order valence-corrected chi connectivity index (χ1v) is 6.75. The molecule has 1 heterocycles. The van der Waals surface area contributed by atoms with Crippen LogP contribution in [0.3, 0.4) is 0 Å². The number of methoxy groups -OCH3 is 1. The molecule has 2 amide bonds. The molecule has 0 unspecified atom stereocenters. The predicted octanol–water partition coefficient (Wildman–Crippen LogP) is 2.27. The summed E-state index contributed by atoms with van der Waals surface area (Å²) in [6.45, 7) is 0.0393. The molecule has 5 heteroatoms. The Bertz CT molecular complexity index is 747. The number of carbonyl (C=O) groups excluding carboxylic acids is 3. The Kier molecular flexibility index (Phi) is 3.47. The second-order valence-corrected chi connectivity index (χ2v) is 4.89. The molecule has 3 rings (SSSR count). The second kappa shape index (κ2) is 5.44. The van der Waals surface area contributed by atoms with Crippen LogP contribution in [0.25, 0.3) is 0 Å². The Labute approximate surface area is 127 Å². The van der Waals surface area contributed by atoms with Gasteiger partial charge in [0.15, 0.2) is 0 Å². The van der Waals surface area contributed by atoms with E-state index in [9.17, 15) is 14.4 Å². The SMILES string of the molecule is COC(=O)c1ccccc1CN1C(=O)c2ccccc2C1=O. The molecule has 2 aromatic rings. The third-order valence-electron chi connectivity index (χ3n) is 3.63. The number of nitrogens with zero attached hydrogens (tertiary/aromatic N) is 1. The smallest absolute Gasteiger partial charge is 0.338 e. The van der Waals surface area contributed by atoms with Gasteiger partial charge in [-0.15, -0.1) is 0 Å². The van der Waals surface area contributed by atoms with E-state index in [0.717, 1.165) is 4.90 Å². The summed E-state index contributed by atoms with van der Waals surface area (Å²) in [5.41, 5.74) is 1.71. The average molecular weight is 295 g/mol. The lowest BCUT2D eigenvalue weighted by Gasteiger charge is -2.15. The van der Waals surface area contributed by atoms with Gasteiger partial charge >= 0.3 is 5.97 Å². The lowest BCUT2D eigenvalue weighted by atomic mass is 10.1. The van der Waals surface area contributed by atoms with Crippen LogP contribution in [0.15, 0.2) is 48.5 Å². The van der Waals surface area contributed by atoms with Crippen molar-refractivity contribution in [1.29, 1.82) is 0 Å². The summed E-state index contributed by atoms with van der Waals surface area (Å²) in [4.78, 5) is 37.6. The van der Waals surface area contributed by atoms with E-state index in [1.54, 1.807) is 48.5 Å². The highest BCUT2D eigenvalue weighted by Crippen LogP contribution is 2.25. The molecule has 0 radical (unpaired) electrons. The number of carbonyl (C=O) groups is 3. The molecule has 0 saturated heterocycles. The van der Waals surface area contributed by atoms with Gasteiger partial charge in [0.25, 0.3) is 11.8 Å². The second-order valence-electron chi connectivity index (χ2n) is 4.89. The van der Waals surface area contributed by atoms with Crippen molar-refractivity contribution in [2.24, 2.45) is 0 Å². The Morgan fingerprint density at radius 2 is 1.50 bits per heavy atom. The standard InChI is InChI=1S/C17H13NO4/c1-22-17(21)12-7-3-2-6-11(12)10-18-15(19)13-8-4-5-9-14(13)16(18)20/h2-9H,10H2,1H3. The fraction of sp³-hybridized carbons (Fsp3) is 0.118. The van der Waals surface area contributed by atoms with Gasteiger partial charge in [-0.3, -0.25) is 14.5 Å². The maximum absolute atomic E-state index is 12.4. The topological polar surface area (TPSA) is 63.7 Å². The summed E-state index contributed by atoms with van der Waals surface area (Å²) in [5.74, 6) is -1.19. The molecule has 0 N–H and O–H groups in total. The lowest BCUT2D eigenvalue weighted by Crippen LogP contribution is -2.29. The van der Waals surface area contributed by atoms with Gasteiger partial charge in [0, 0.05) is 0 Å². The first-order valence-electron chi connectivity index (χ1n) is 6.75. The molecule has 22 heavy (non-hydrogen) atoms. The predicted molar refractivity (Wildman–Crippen MR) is 78.4 cm³/mol. The summed E-state index contributed by atoms with van der Waals surface area (Å²) < 4.78 is 4.73. The van der Waals surface area contributed by atoms with Crippen molar-refractivity contribution >= 4 is 17.8 Å². The van der Waals surface area contributed by atoms with Crippen LogP contribution in [-0.2, 0) is 11.3 Å². The number of esters is 1. The van der Waals surface area contributed by atoms with Gasteiger partial charge in [-0.05, 0) is 23.8 Å². The van der Waals surface area contributed by atoms with E-state index in [4.69, 9.17) is 4.74 Å². The zero-order valence-electron chi connectivity index (χ0n) is 11.9. The number of imide groups is 1. The fourth-order valence-corrected chi connectivity index (χ4v) is 2.52. The van der Waals surface area contributed by atoms with E-state index in [-0.39, 0.29) is 18.4 Å². The number of ether oxygens (including phenoxy) is 1. The van der Waals surface area contributed by atoms with Gasteiger partial charge in [0.2, 0.25) is 0 Å². The van der Waals surface area contributed by atoms with Crippen LogP contribution in [0.5, 0.6) is 0 Å². The molecule has 0 saturated carbocycles. The molecule has 0 aliphatic carbocycles. The monoisotopic (exact) mass is 295 g/mol. The highest BCUT2D eigenvalue weighted by Gasteiger charge is 2.35. The average Bonchev–Trinajstić information content (AvgIpc) is 2.80. The number of benzene rings is 2. The van der Waals surface area contributed by atoms with Crippen LogP contribution in [0.2, 0.25) is 0 Å². The maximum Gasteiger partial charge on any atom is 0.338 e. The van der Waals surface area contributed by atoms with E-state index in [2.05, 4.69) is 0 Å². The third-order valence-corrected chi connectivity index (χ3v) is 3.63. The van der Waals surface area contributed by atoms with Gasteiger partial charge in [-0.1, -0.05) is 30.3 Å². The normalized spacial score (nSPS) is 13.2. The van der Waals surface area contributed by atoms with Crippen molar-refractivity contribution < 1.29 is 19.1 Å². The fourth-order valence-electron chi connectivity index (χ4n) is 2.52. The minimum atomic E-state index is -0.493. The highest BCUT2D eigenvalue weighted by atomic mass is 16.5. The molecule has 5 nitrogen and oxygen atoms in total. The summed E-state index contributed by atoms with van der Waals surface area (Å²) in [7, 11) is 1.29. The quantitative estimate of drug-likeness (QED) is 0.643. The summed E-state index contributed by atoms with van der Waals surface area (Å²) in [6.07, 6.45) is 0. The number of rotatable bonds is 3. The van der Waals surface area contributed by atoms with Crippen molar-refractivity contribution in [3.8, 4) is 0 Å². The van der Waals surface area contributed by atoms with E-state index in [1.807, 2.05) is 0 Å². The van der Waals surface area contributed by atoms with Crippen molar-refractivity contribution in [3.63, 3.8) is 0 Å². The largest absolute Gasteiger partial charge is 0.465 e. The molecule has 0 atom stereocenters. The van der Waals surface area contributed by atoms with Crippen LogP contribution in [-0.4, -0.2) is 29.8 Å². The van der Waals surface area contributed by atoms with Gasteiger partial charge in [0.05, 0.1) is 30.3 Å². The molecule has 1 aliphatic heterocycles. The molecule has 110 valence electrons. The van der Waals surface area contributed by atoms with Crippen LogP contribution >= 0.6 is 0 Å². The minimum Gasteiger partial charge on any atom is -0.465 e. The number of hydrogen-bond donors (Lipinski definition) is 0. The maximum atomic E-state index is 12.4. The molecule has 0 spiro atoms.